The first kappa shape index (κ1) is 28.0. The van der Waals surface area contributed by atoms with Crippen molar-refractivity contribution in [3.05, 3.63) is 0 Å². The second-order valence-electron chi connectivity index (χ2n) is 5.62. The van der Waals surface area contributed by atoms with E-state index in [4.69, 9.17) is 13.3 Å². The van der Waals surface area contributed by atoms with Crippen molar-refractivity contribution < 1.29 is 22.3 Å². The SMILES string of the molecule is CC[N+](CC)(CC)CC.CC[N+](CC)(CC)CC.O=S([O-])([O-])=S. The summed E-state index contributed by atoms with van der Waals surface area (Å²) in [5.41, 5.74) is 0. The van der Waals surface area contributed by atoms with E-state index >= 15 is 0 Å². The van der Waals surface area contributed by atoms with Gasteiger partial charge in [-0.15, -0.1) is 9.05 Å². The van der Waals surface area contributed by atoms with Crippen molar-refractivity contribution in [1.29, 1.82) is 0 Å². The maximum atomic E-state index is 8.89. The molecule has 0 amide bonds. The number of hydrogen-bond donors (Lipinski definition) is 0. The summed E-state index contributed by atoms with van der Waals surface area (Å²) < 4.78 is 29.2. The van der Waals surface area contributed by atoms with Crippen molar-refractivity contribution >= 4 is 20.2 Å². The van der Waals surface area contributed by atoms with Crippen LogP contribution in [0.15, 0.2) is 0 Å². The van der Waals surface area contributed by atoms with Crippen LogP contribution in [0.4, 0.5) is 0 Å². The maximum absolute atomic E-state index is 8.89. The van der Waals surface area contributed by atoms with Crippen LogP contribution < -0.4 is 0 Å². The molecular formula is C16H40N2O3S2. The predicted molar refractivity (Wildman–Crippen MR) is 102 cm³/mol. The molecule has 0 N–H and O–H groups in total. The Morgan fingerprint density at radius 1 is 0.609 bits per heavy atom. The molecule has 0 aromatic carbocycles. The standard InChI is InChI=1S/2C8H20N.H2O3S2/c2*1-5-9(6-2,7-3)8-4;1-5(2,3)4/h2*5-8H2,1-4H3;(H2,1,2,3,4)/q2*+1;/p-2. The molecule has 5 nitrogen and oxygen atoms in total. The van der Waals surface area contributed by atoms with E-state index in [1.165, 1.54) is 61.3 Å². The molecule has 7 heteroatoms. The lowest BCUT2D eigenvalue weighted by Gasteiger charge is -2.34. The average molecular weight is 373 g/mol. The molecule has 0 heterocycles. The Morgan fingerprint density at radius 2 is 0.696 bits per heavy atom. The Hall–Kier alpha value is 0.210. The van der Waals surface area contributed by atoms with E-state index in [1.807, 2.05) is 0 Å². The van der Waals surface area contributed by atoms with Gasteiger partial charge in [0.1, 0.15) is 0 Å². The molecule has 0 saturated heterocycles. The number of hydrogen-bond acceptors (Lipinski definition) is 4. The fourth-order valence-electron chi connectivity index (χ4n) is 2.68. The van der Waals surface area contributed by atoms with Crippen molar-refractivity contribution in [3.8, 4) is 0 Å². The quantitative estimate of drug-likeness (QED) is 0.615. The highest BCUT2D eigenvalue weighted by molar-refractivity contribution is 8.26. The van der Waals surface area contributed by atoms with Crippen LogP contribution in [0, 0.1) is 0 Å². The molecule has 0 aliphatic carbocycles. The highest BCUT2D eigenvalue weighted by Crippen LogP contribution is 2.03. The molecule has 0 aliphatic rings. The molecule has 0 aromatic heterocycles. The van der Waals surface area contributed by atoms with Crippen LogP contribution in [0.25, 0.3) is 0 Å². The Balaban J connectivity index is -0.000000273. The summed E-state index contributed by atoms with van der Waals surface area (Å²) in [5, 5.41) is 0. The summed E-state index contributed by atoms with van der Waals surface area (Å²) in [6.45, 7) is 28.4. The monoisotopic (exact) mass is 372 g/mol. The lowest BCUT2D eigenvalue weighted by Crippen LogP contribution is -2.47. The first-order valence-electron chi connectivity index (χ1n) is 8.85. The molecule has 0 bridgehead atoms. The van der Waals surface area contributed by atoms with Gasteiger partial charge in [-0.25, -0.2) is 0 Å². The Kier molecular flexibility index (Phi) is 17.7. The van der Waals surface area contributed by atoms with E-state index in [0.29, 0.717) is 0 Å². The minimum absolute atomic E-state index is 1.28. The third-order valence-corrected chi connectivity index (χ3v) is 5.37. The van der Waals surface area contributed by atoms with E-state index < -0.39 is 9.05 Å². The highest BCUT2D eigenvalue weighted by atomic mass is 32.9. The van der Waals surface area contributed by atoms with Crippen LogP contribution in [-0.4, -0.2) is 74.6 Å². The van der Waals surface area contributed by atoms with Crippen LogP contribution in [-0.2, 0) is 20.2 Å². The van der Waals surface area contributed by atoms with Crippen LogP contribution in [0.5, 0.6) is 0 Å². The molecule has 23 heavy (non-hydrogen) atoms. The van der Waals surface area contributed by atoms with E-state index in [-0.39, 0.29) is 0 Å². The summed E-state index contributed by atoms with van der Waals surface area (Å²) in [6, 6.07) is 0. The van der Waals surface area contributed by atoms with Gasteiger partial charge in [-0.3, -0.25) is 4.21 Å². The van der Waals surface area contributed by atoms with Crippen molar-refractivity contribution in [2.45, 2.75) is 55.4 Å². The minimum atomic E-state index is -4.33. The smallest absolute Gasteiger partial charge is 0.0757 e. The molecule has 0 spiro atoms. The minimum Gasteiger partial charge on any atom is -0.780 e. The fourth-order valence-corrected chi connectivity index (χ4v) is 2.68. The Morgan fingerprint density at radius 3 is 0.696 bits per heavy atom. The van der Waals surface area contributed by atoms with Crippen molar-refractivity contribution in [1.82, 2.24) is 0 Å². The third kappa shape index (κ3) is 15.5. The molecule has 0 fully saturated rings. The first-order valence-corrected chi connectivity index (χ1v) is 11.2. The largest absolute Gasteiger partial charge is 0.780 e. The fraction of sp³-hybridized carbons (Fsp3) is 1.00. The zero-order valence-electron chi connectivity index (χ0n) is 16.6. The number of nitrogens with zero attached hydrogens (tertiary/aromatic N) is 2. The van der Waals surface area contributed by atoms with Gasteiger partial charge in [0.05, 0.1) is 52.4 Å². The van der Waals surface area contributed by atoms with Gasteiger partial charge in [0.25, 0.3) is 0 Å². The molecule has 0 saturated carbocycles. The van der Waals surface area contributed by atoms with E-state index in [2.05, 4.69) is 66.6 Å². The van der Waals surface area contributed by atoms with Crippen LogP contribution in [0.1, 0.15) is 55.4 Å². The van der Waals surface area contributed by atoms with Crippen molar-refractivity contribution in [2.24, 2.45) is 0 Å². The van der Waals surface area contributed by atoms with Gasteiger partial charge in [0, 0.05) is 0 Å². The van der Waals surface area contributed by atoms with Crippen LogP contribution in [0.3, 0.4) is 0 Å². The topological polar surface area (TPSA) is 63.2 Å². The van der Waals surface area contributed by atoms with Gasteiger partial charge >= 0.3 is 0 Å². The van der Waals surface area contributed by atoms with E-state index in [9.17, 15) is 0 Å². The molecule has 144 valence electrons. The van der Waals surface area contributed by atoms with E-state index in [1.54, 1.807) is 0 Å². The lowest BCUT2D eigenvalue weighted by atomic mass is 10.3. The maximum Gasteiger partial charge on any atom is 0.0757 e. The number of quaternary nitrogens is 2. The highest BCUT2D eigenvalue weighted by Gasteiger charge is 2.16. The van der Waals surface area contributed by atoms with Crippen LogP contribution >= 0.6 is 0 Å². The second kappa shape index (κ2) is 14.5. The van der Waals surface area contributed by atoms with E-state index in [0.717, 1.165) is 0 Å². The zero-order chi connectivity index (χ0) is 19.2. The first-order chi connectivity index (χ1) is 10.5. The van der Waals surface area contributed by atoms with Gasteiger partial charge in [0.2, 0.25) is 0 Å². The summed E-state index contributed by atoms with van der Waals surface area (Å²) in [7, 11) is -4.33. The normalized spacial score (nSPS) is 11.9. The molecule has 0 aromatic rings. The summed E-state index contributed by atoms with van der Waals surface area (Å²) in [6.07, 6.45) is 0. The Labute approximate surface area is 150 Å². The van der Waals surface area contributed by atoms with Gasteiger partial charge < -0.3 is 18.1 Å². The third-order valence-electron chi connectivity index (χ3n) is 5.37. The number of rotatable bonds is 8. The molecule has 0 rings (SSSR count). The van der Waals surface area contributed by atoms with Crippen LogP contribution in [0.2, 0.25) is 0 Å². The summed E-state index contributed by atoms with van der Waals surface area (Å²) >= 11 is 3.24. The van der Waals surface area contributed by atoms with Crippen molar-refractivity contribution in [2.75, 3.05) is 52.4 Å². The molecular weight excluding hydrogens is 332 g/mol. The van der Waals surface area contributed by atoms with Gasteiger partial charge in [-0.2, -0.15) is 0 Å². The van der Waals surface area contributed by atoms with Gasteiger partial charge in [-0.05, 0) is 66.6 Å². The second-order valence-corrected chi connectivity index (χ2v) is 7.66. The van der Waals surface area contributed by atoms with Crippen molar-refractivity contribution in [3.63, 3.8) is 0 Å². The lowest BCUT2D eigenvalue weighted by molar-refractivity contribution is -0.921. The molecule has 0 radical (unpaired) electrons. The molecule has 0 unspecified atom stereocenters. The molecule has 0 aliphatic heterocycles. The summed E-state index contributed by atoms with van der Waals surface area (Å²) in [4.78, 5) is 0. The average Bonchev–Trinajstić information content (AvgIpc) is 2.52. The predicted octanol–water partition coefficient (Wildman–Crippen LogP) is 2.76. The van der Waals surface area contributed by atoms with Gasteiger partial charge in [0.15, 0.2) is 0 Å². The summed E-state index contributed by atoms with van der Waals surface area (Å²) in [5.74, 6) is 0. The Bertz CT molecular complexity index is 289. The molecule has 0 atom stereocenters. The zero-order valence-corrected chi connectivity index (χ0v) is 18.2. The van der Waals surface area contributed by atoms with Gasteiger partial charge in [-0.1, -0.05) is 0 Å².